The summed E-state index contributed by atoms with van der Waals surface area (Å²) in [7, 11) is 0. The summed E-state index contributed by atoms with van der Waals surface area (Å²) in [6.07, 6.45) is -0.810. The van der Waals surface area contributed by atoms with E-state index in [2.05, 4.69) is 5.32 Å². The molecule has 1 aliphatic heterocycles. The fourth-order valence-corrected chi connectivity index (χ4v) is 4.28. The van der Waals surface area contributed by atoms with Gasteiger partial charge in [0.1, 0.15) is 5.75 Å². The van der Waals surface area contributed by atoms with Gasteiger partial charge in [0, 0.05) is 14.8 Å². The zero-order valence-corrected chi connectivity index (χ0v) is 18.0. The largest absolute Gasteiger partial charge is 0.477 e. The molecule has 0 spiro atoms. The first-order valence-corrected chi connectivity index (χ1v) is 10.8. The number of halogens is 1. The zero-order valence-electron chi connectivity index (χ0n) is 16.5. The highest BCUT2D eigenvalue weighted by molar-refractivity contribution is 7.99. The van der Waals surface area contributed by atoms with Crippen LogP contribution < -0.4 is 20.7 Å². The summed E-state index contributed by atoms with van der Waals surface area (Å²) >= 11 is 7.50. The Bertz CT molecular complexity index is 1110. The second-order valence-corrected chi connectivity index (χ2v) is 8.51. The Morgan fingerprint density at radius 3 is 2.55 bits per heavy atom. The Morgan fingerprint density at radius 1 is 1.06 bits per heavy atom. The zero-order chi connectivity index (χ0) is 21.8. The summed E-state index contributed by atoms with van der Waals surface area (Å²) < 4.78 is 5.66. The molecule has 1 aliphatic rings. The van der Waals surface area contributed by atoms with E-state index in [1.807, 2.05) is 66.7 Å². The number of nitrogens with one attached hydrogen (secondary N) is 1. The second kappa shape index (κ2) is 9.32. The van der Waals surface area contributed by atoms with E-state index < -0.39 is 12.0 Å². The van der Waals surface area contributed by atoms with Gasteiger partial charge in [-0.1, -0.05) is 47.6 Å². The van der Waals surface area contributed by atoms with Crippen LogP contribution in [-0.4, -0.2) is 31.0 Å². The van der Waals surface area contributed by atoms with Crippen LogP contribution >= 0.6 is 23.4 Å². The van der Waals surface area contributed by atoms with Crippen molar-refractivity contribution in [2.75, 3.05) is 23.3 Å². The Balaban J connectivity index is 1.49. The fourth-order valence-electron chi connectivity index (χ4n) is 3.26. The SMILES string of the molecule is NC(=O)[C@@H]1CN(CC(=O)Nc2ccccc2Sc2ccc(Cl)cc2)c2ccccc2O1. The normalized spacial score (nSPS) is 15.0. The molecule has 2 amide bonds. The molecule has 0 radical (unpaired) electrons. The van der Waals surface area contributed by atoms with Crippen LogP contribution in [0, 0.1) is 0 Å². The molecule has 1 atom stereocenters. The van der Waals surface area contributed by atoms with Gasteiger partial charge in [-0.25, -0.2) is 0 Å². The van der Waals surface area contributed by atoms with E-state index >= 15 is 0 Å². The van der Waals surface area contributed by atoms with E-state index in [-0.39, 0.29) is 19.0 Å². The van der Waals surface area contributed by atoms with Gasteiger partial charge in [-0.3, -0.25) is 9.59 Å². The molecule has 0 fully saturated rings. The lowest BCUT2D eigenvalue weighted by molar-refractivity contribution is -0.125. The molecule has 0 aromatic heterocycles. The molecule has 0 saturated heterocycles. The molecule has 0 saturated carbocycles. The van der Waals surface area contributed by atoms with Crippen molar-refractivity contribution in [3.05, 3.63) is 77.8 Å². The number of nitrogens with two attached hydrogens (primary N) is 1. The van der Waals surface area contributed by atoms with Crippen molar-refractivity contribution in [3.63, 3.8) is 0 Å². The molecule has 3 N–H and O–H groups in total. The van der Waals surface area contributed by atoms with Crippen molar-refractivity contribution in [1.82, 2.24) is 0 Å². The number of hydrogen-bond acceptors (Lipinski definition) is 5. The van der Waals surface area contributed by atoms with E-state index in [0.29, 0.717) is 16.5 Å². The van der Waals surface area contributed by atoms with Crippen molar-refractivity contribution < 1.29 is 14.3 Å². The van der Waals surface area contributed by atoms with Crippen LogP contribution in [0.2, 0.25) is 5.02 Å². The Hall–Kier alpha value is -3.16. The van der Waals surface area contributed by atoms with Gasteiger partial charge in [-0.2, -0.15) is 0 Å². The lowest BCUT2D eigenvalue weighted by Gasteiger charge is -2.34. The molecule has 158 valence electrons. The maximum atomic E-state index is 12.9. The predicted molar refractivity (Wildman–Crippen MR) is 123 cm³/mol. The van der Waals surface area contributed by atoms with Crippen molar-refractivity contribution in [2.24, 2.45) is 5.73 Å². The molecule has 6 nitrogen and oxygen atoms in total. The van der Waals surface area contributed by atoms with Crippen LogP contribution in [0.3, 0.4) is 0 Å². The van der Waals surface area contributed by atoms with Gasteiger partial charge in [-0.15, -0.1) is 0 Å². The van der Waals surface area contributed by atoms with Crippen molar-refractivity contribution in [2.45, 2.75) is 15.9 Å². The van der Waals surface area contributed by atoms with Gasteiger partial charge in [0.2, 0.25) is 5.91 Å². The van der Waals surface area contributed by atoms with E-state index in [9.17, 15) is 9.59 Å². The summed E-state index contributed by atoms with van der Waals surface area (Å²) in [5.74, 6) is -0.238. The number of rotatable bonds is 6. The van der Waals surface area contributed by atoms with Crippen LogP contribution in [0.15, 0.2) is 82.6 Å². The van der Waals surface area contributed by atoms with E-state index in [4.69, 9.17) is 22.1 Å². The Kier molecular flexibility index (Phi) is 6.34. The summed E-state index contributed by atoms with van der Waals surface area (Å²) in [5.41, 5.74) is 6.90. The highest BCUT2D eigenvalue weighted by Crippen LogP contribution is 2.35. The number of benzene rings is 3. The number of primary amides is 1. The molecule has 4 rings (SSSR count). The predicted octanol–water partition coefficient (Wildman–Crippen LogP) is 4.18. The molecule has 8 heteroatoms. The van der Waals surface area contributed by atoms with Crippen LogP contribution in [0.1, 0.15) is 0 Å². The molecule has 1 heterocycles. The van der Waals surface area contributed by atoms with Crippen LogP contribution in [-0.2, 0) is 9.59 Å². The number of carbonyl (C=O) groups excluding carboxylic acids is 2. The first kappa shape index (κ1) is 21.1. The summed E-state index contributed by atoms with van der Waals surface area (Å²) in [5, 5.41) is 3.65. The van der Waals surface area contributed by atoms with Gasteiger partial charge in [0.25, 0.3) is 5.91 Å². The average Bonchev–Trinajstić information content (AvgIpc) is 2.76. The number of amides is 2. The number of fused-ring (bicyclic) bond motifs is 1. The Labute approximate surface area is 189 Å². The van der Waals surface area contributed by atoms with Crippen LogP contribution in [0.25, 0.3) is 0 Å². The third-order valence-electron chi connectivity index (χ3n) is 4.72. The molecular weight excluding hydrogens is 434 g/mol. The molecule has 3 aromatic carbocycles. The maximum Gasteiger partial charge on any atom is 0.260 e. The number of hydrogen-bond donors (Lipinski definition) is 2. The first-order valence-electron chi connectivity index (χ1n) is 9.62. The fraction of sp³-hybridized carbons (Fsp3) is 0.130. The second-order valence-electron chi connectivity index (χ2n) is 6.96. The molecule has 3 aromatic rings. The Morgan fingerprint density at radius 2 is 1.77 bits per heavy atom. The molecule has 0 unspecified atom stereocenters. The number of nitrogens with zero attached hydrogens (tertiary/aromatic N) is 1. The third-order valence-corrected chi connectivity index (χ3v) is 6.05. The van der Waals surface area contributed by atoms with Gasteiger partial charge in [0.05, 0.1) is 24.5 Å². The van der Waals surface area contributed by atoms with E-state index in [1.54, 1.807) is 11.0 Å². The smallest absolute Gasteiger partial charge is 0.260 e. The monoisotopic (exact) mass is 453 g/mol. The van der Waals surface area contributed by atoms with E-state index in [1.165, 1.54) is 11.8 Å². The number of ether oxygens (including phenoxy) is 1. The van der Waals surface area contributed by atoms with Gasteiger partial charge >= 0.3 is 0 Å². The van der Waals surface area contributed by atoms with Crippen molar-refractivity contribution in [3.8, 4) is 5.75 Å². The molecular formula is C23H20ClN3O3S. The van der Waals surface area contributed by atoms with Crippen molar-refractivity contribution in [1.29, 1.82) is 0 Å². The van der Waals surface area contributed by atoms with Gasteiger partial charge < -0.3 is 20.7 Å². The number of anilines is 2. The minimum Gasteiger partial charge on any atom is -0.477 e. The van der Waals surface area contributed by atoms with Crippen LogP contribution in [0.4, 0.5) is 11.4 Å². The minimum atomic E-state index is -0.810. The van der Waals surface area contributed by atoms with Gasteiger partial charge in [0.15, 0.2) is 6.10 Å². The van der Waals surface area contributed by atoms with Crippen molar-refractivity contribution >= 4 is 46.6 Å². The lowest BCUT2D eigenvalue weighted by atomic mass is 10.1. The van der Waals surface area contributed by atoms with Gasteiger partial charge in [-0.05, 0) is 48.5 Å². The minimum absolute atomic E-state index is 0.0596. The topological polar surface area (TPSA) is 84.7 Å². The van der Waals surface area contributed by atoms with E-state index in [0.717, 1.165) is 15.5 Å². The number of para-hydroxylation sites is 3. The summed E-state index contributed by atoms with van der Waals surface area (Å²) in [6.45, 7) is 0.269. The lowest BCUT2D eigenvalue weighted by Crippen LogP contribution is -2.49. The summed E-state index contributed by atoms with van der Waals surface area (Å²) in [4.78, 5) is 28.3. The molecule has 0 bridgehead atoms. The average molecular weight is 454 g/mol. The third kappa shape index (κ3) is 5.13. The first-order chi connectivity index (χ1) is 15.0. The van der Waals surface area contributed by atoms with Crippen LogP contribution in [0.5, 0.6) is 5.75 Å². The molecule has 31 heavy (non-hydrogen) atoms. The highest BCUT2D eigenvalue weighted by atomic mass is 35.5. The maximum absolute atomic E-state index is 12.9. The summed E-state index contributed by atoms with van der Waals surface area (Å²) in [6, 6.07) is 22.4. The highest BCUT2D eigenvalue weighted by Gasteiger charge is 2.30. The quantitative estimate of drug-likeness (QED) is 0.584. The molecule has 0 aliphatic carbocycles. The number of carbonyl (C=O) groups is 2. The standard InChI is InChI=1S/C23H20ClN3O3S/c24-15-9-11-16(12-10-15)31-21-8-4-1-5-17(21)26-22(28)14-27-13-20(23(25)29)30-19-7-3-2-6-18(19)27/h1-12,20H,13-14H2,(H2,25,29)(H,26,28)/t20-/m0/s1.